The van der Waals surface area contributed by atoms with E-state index in [1.165, 1.54) is 48.3 Å². The molecule has 6 nitrogen and oxygen atoms in total. The van der Waals surface area contributed by atoms with E-state index in [9.17, 15) is 22.8 Å². The van der Waals surface area contributed by atoms with Crippen LogP contribution in [0.25, 0.3) is 0 Å². The third-order valence-electron chi connectivity index (χ3n) is 5.00. The van der Waals surface area contributed by atoms with Gasteiger partial charge in [-0.05, 0) is 24.3 Å². The number of benzene rings is 2. The Morgan fingerprint density at radius 1 is 0.935 bits per heavy atom. The number of hydrogen-bond acceptors (Lipinski definition) is 4. The van der Waals surface area contributed by atoms with Crippen molar-refractivity contribution in [1.29, 1.82) is 0 Å². The summed E-state index contributed by atoms with van der Waals surface area (Å²) < 4.78 is 50.0. The van der Waals surface area contributed by atoms with Crippen LogP contribution in [0.4, 0.5) is 13.2 Å². The molecule has 1 fully saturated rings. The first-order valence-electron chi connectivity index (χ1n) is 9.33. The summed E-state index contributed by atoms with van der Waals surface area (Å²) in [5.74, 6) is -0.435. The number of rotatable bonds is 4. The molecule has 0 aromatic heterocycles. The molecule has 1 aliphatic heterocycles. The Kier molecular flexibility index (Phi) is 6.64. The van der Waals surface area contributed by atoms with Gasteiger partial charge in [0.2, 0.25) is 0 Å². The van der Waals surface area contributed by atoms with Crippen LogP contribution in [0, 0.1) is 0 Å². The van der Waals surface area contributed by atoms with E-state index in [4.69, 9.17) is 21.1 Å². The predicted molar refractivity (Wildman–Crippen MR) is 108 cm³/mol. The van der Waals surface area contributed by atoms with Crippen LogP contribution in [-0.2, 0) is 6.18 Å². The summed E-state index contributed by atoms with van der Waals surface area (Å²) in [5.41, 5.74) is -1.09. The van der Waals surface area contributed by atoms with Crippen LogP contribution in [-0.4, -0.2) is 62.0 Å². The van der Waals surface area contributed by atoms with E-state index in [1.54, 1.807) is 0 Å². The standard InChI is InChI=1S/C21H20ClF3N2O4/c1-30-17-12-13(11-16(22)18(17)31-2)19(28)26-7-9-27(10-8-26)20(29)14-5-3-4-6-15(14)21(23,24)25/h3-6,11-12H,7-10H2,1-2H3. The highest BCUT2D eigenvalue weighted by atomic mass is 35.5. The molecule has 1 aliphatic rings. The lowest BCUT2D eigenvalue weighted by atomic mass is 10.1. The minimum atomic E-state index is -4.63. The van der Waals surface area contributed by atoms with Crippen molar-refractivity contribution in [2.75, 3.05) is 40.4 Å². The molecular formula is C21H20ClF3N2O4. The van der Waals surface area contributed by atoms with Gasteiger partial charge in [0.15, 0.2) is 11.5 Å². The third-order valence-corrected chi connectivity index (χ3v) is 5.28. The number of amides is 2. The monoisotopic (exact) mass is 456 g/mol. The van der Waals surface area contributed by atoms with Gasteiger partial charge in [-0.15, -0.1) is 0 Å². The molecule has 0 bridgehead atoms. The molecule has 1 saturated heterocycles. The largest absolute Gasteiger partial charge is 0.493 e. The van der Waals surface area contributed by atoms with E-state index in [0.29, 0.717) is 11.5 Å². The van der Waals surface area contributed by atoms with E-state index in [-0.39, 0.29) is 42.7 Å². The van der Waals surface area contributed by atoms with Gasteiger partial charge in [-0.2, -0.15) is 13.2 Å². The Morgan fingerprint density at radius 2 is 1.52 bits per heavy atom. The molecule has 2 aromatic rings. The summed E-state index contributed by atoms with van der Waals surface area (Å²) >= 11 is 6.16. The van der Waals surface area contributed by atoms with Crippen LogP contribution in [0.15, 0.2) is 36.4 Å². The molecule has 0 spiro atoms. The molecule has 0 radical (unpaired) electrons. The predicted octanol–water partition coefficient (Wildman–Crippen LogP) is 3.97. The molecule has 3 rings (SSSR count). The first-order valence-corrected chi connectivity index (χ1v) is 9.71. The van der Waals surface area contributed by atoms with Crippen molar-refractivity contribution in [1.82, 2.24) is 9.80 Å². The molecule has 0 saturated carbocycles. The van der Waals surface area contributed by atoms with Crippen LogP contribution >= 0.6 is 11.6 Å². The number of methoxy groups -OCH3 is 2. The van der Waals surface area contributed by atoms with Crippen LogP contribution in [0.2, 0.25) is 5.02 Å². The van der Waals surface area contributed by atoms with Gasteiger partial charge >= 0.3 is 6.18 Å². The second kappa shape index (κ2) is 9.05. The highest BCUT2D eigenvalue weighted by molar-refractivity contribution is 6.32. The van der Waals surface area contributed by atoms with Crippen molar-refractivity contribution >= 4 is 23.4 Å². The van der Waals surface area contributed by atoms with Crippen LogP contribution in [0.1, 0.15) is 26.3 Å². The average molecular weight is 457 g/mol. The molecule has 31 heavy (non-hydrogen) atoms. The van der Waals surface area contributed by atoms with Crippen LogP contribution < -0.4 is 9.47 Å². The average Bonchev–Trinajstić information content (AvgIpc) is 2.77. The third kappa shape index (κ3) is 4.71. The SMILES string of the molecule is COc1cc(C(=O)N2CCN(C(=O)c3ccccc3C(F)(F)F)CC2)cc(Cl)c1OC. The summed E-state index contributed by atoms with van der Waals surface area (Å²) in [5, 5.41) is 0.211. The molecule has 0 aliphatic carbocycles. The van der Waals surface area contributed by atoms with Crippen molar-refractivity contribution in [3.63, 3.8) is 0 Å². The highest BCUT2D eigenvalue weighted by Gasteiger charge is 2.36. The molecule has 0 N–H and O–H groups in total. The van der Waals surface area contributed by atoms with Gasteiger partial charge < -0.3 is 19.3 Å². The molecule has 2 amide bonds. The van der Waals surface area contributed by atoms with Crippen molar-refractivity contribution < 1.29 is 32.2 Å². The fourth-order valence-corrected chi connectivity index (χ4v) is 3.71. The van der Waals surface area contributed by atoms with Crippen molar-refractivity contribution in [3.8, 4) is 11.5 Å². The molecule has 10 heteroatoms. The van der Waals surface area contributed by atoms with Crippen LogP contribution in [0.3, 0.4) is 0 Å². The molecule has 0 atom stereocenters. The van der Waals surface area contributed by atoms with E-state index in [1.807, 2.05) is 0 Å². The Morgan fingerprint density at radius 3 is 2.06 bits per heavy atom. The van der Waals surface area contributed by atoms with E-state index >= 15 is 0 Å². The summed E-state index contributed by atoms with van der Waals surface area (Å²) in [4.78, 5) is 28.4. The Hall–Kier alpha value is -2.94. The number of carbonyl (C=O) groups is 2. The maximum atomic E-state index is 13.2. The summed E-state index contributed by atoms with van der Waals surface area (Å²) in [7, 11) is 2.85. The fraction of sp³-hybridized carbons (Fsp3) is 0.333. The zero-order valence-corrected chi connectivity index (χ0v) is 17.6. The number of piperazine rings is 1. The summed E-state index contributed by atoms with van der Waals surface area (Å²) in [6, 6.07) is 7.64. The van der Waals surface area contributed by atoms with Gasteiger partial charge in [-0.25, -0.2) is 0 Å². The number of carbonyl (C=O) groups excluding carboxylic acids is 2. The Bertz CT molecular complexity index is 989. The number of alkyl halides is 3. The van der Waals surface area contributed by atoms with E-state index in [2.05, 4.69) is 0 Å². The molecule has 0 unspecified atom stereocenters. The smallest absolute Gasteiger partial charge is 0.417 e. The van der Waals surface area contributed by atoms with Gasteiger partial charge in [0.25, 0.3) is 11.8 Å². The van der Waals surface area contributed by atoms with Gasteiger partial charge in [0, 0.05) is 31.7 Å². The lowest BCUT2D eigenvalue weighted by Crippen LogP contribution is -2.50. The number of hydrogen-bond donors (Lipinski definition) is 0. The normalized spacial score (nSPS) is 14.4. The van der Waals surface area contributed by atoms with Gasteiger partial charge in [-0.1, -0.05) is 23.7 Å². The summed E-state index contributed by atoms with van der Waals surface area (Å²) in [6.07, 6.45) is -4.63. The van der Waals surface area contributed by atoms with Gasteiger partial charge in [0.05, 0.1) is 30.4 Å². The molecule has 1 heterocycles. The number of halogens is 4. The van der Waals surface area contributed by atoms with E-state index < -0.39 is 23.2 Å². The van der Waals surface area contributed by atoms with Crippen molar-refractivity contribution in [2.45, 2.75) is 6.18 Å². The summed E-state index contributed by atoms with van der Waals surface area (Å²) in [6.45, 7) is 0.561. The maximum absolute atomic E-state index is 13.2. The molecule has 166 valence electrons. The van der Waals surface area contributed by atoms with Crippen LogP contribution in [0.5, 0.6) is 11.5 Å². The van der Waals surface area contributed by atoms with Crippen molar-refractivity contribution in [3.05, 3.63) is 58.1 Å². The maximum Gasteiger partial charge on any atom is 0.417 e. The minimum absolute atomic E-state index is 0.109. The second-order valence-electron chi connectivity index (χ2n) is 6.82. The lowest BCUT2D eigenvalue weighted by molar-refractivity contribution is -0.138. The topological polar surface area (TPSA) is 59.1 Å². The minimum Gasteiger partial charge on any atom is -0.493 e. The molecular weight excluding hydrogens is 437 g/mol. The second-order valence-corrected chi connectivity index (χ2v) is 7.23. The fourth-order valence-electron chi connectivity index (χ4n) is 3.42. The van der Waals surface area contributed by atoms with Crippen molar-refractivity contribution in [2.24, 2.45) is 0 Å². The van der Waals surface area contributed by atoms with Gasteiger partial charge in [0.1, 0.15) is 0 Å². The Balaban J connectivity index is 1.72. The lowest BCUT2D eigenvalue weighted by Gasteiger charge is -2.35. The quantitative estimate of drug-likeness (QED) is 0.698. The molecule has 2 aromatic carbocycles. The zero-order chi connectivity index (χ0) is 22.8. The van der Waals surface area contributed by atoms with E-state index in [0.717, 1.165) is 12.1 Å². The Labute approximate surface area is 182 Å². The first-order chi connectivity index (χ1) is 14.7. The first kappa shape index (κ1) is 22.7. The zero-order valence-electron chi connectivity index (χ0n) is 16.8. The van der Waals surface area contributed by atoms with Gasteiger partial charge in [-0.3, -0.25) is 9.59 Å². The number of nitrogens with zero attached hydrogens (tertiary/aromatic N) is 2. The highest BCUT2D eigenvalue weighted by Crippen LogP contribution is 2.36. The number of ether oxygens (including phenoxy) is 2.